The predicted octanol–water partition coefficient (Wildman–Crippen LogP) is 2.99. The summed E-state index contributed by atoms with van der Waals surface area (Å²) in [6.07, 6.45) is 1.55. The van der Waals surface area contributed by atoms with Crippen LogP contribution in [0.15, 0.2) is 48.7 Å². The maximum atomic E-state index is 13.4. The van der Waals surface area contributed by atoms with Gasteiger partial charge in [-0.2, -0.15) is 0 Å². The second-order valence-corrected chi connectivity index (χ2v) is 7.10. The minimum absolute atomic E-state index is 0.150. The lowest BCUT2D eigenvalue weighted by Crippen LogP contribution is -2.49. The van der Waals surface area contributed by atoms with E-state index in [2.05, 4.69) is 47.3 Å². The zero-order chi connectivity index (χ0) is 19.7. The SMILES string of the molecule is Cc1ccc(C)c(N2CCN(C(=O)c3cn(-c4cccc(F)c4)nn3)CC2)c1. The van der Waals surface area contributed by atoms with Gasteiger partial charge in [0.25, 0.3) is 5.91 Å². The topological polar surface area (TPSA) is 54.3 Å². The summed E-state index contributed by atoms with van der Waals surface area (Å²) in [5, 5.41) is 7.96. The summed E-state index contributed by atoms with van der Waals surface area (Å²) in [5.74, 6) is -0.508. The molecular weight excluding hydrogens is 357 g/mol. The van der Waals surface area contributed by atoms with Gasteiger partial charge in [0.2, 0.25) is 0 Å². The summed E-state index contributed by atoms with van der Waals surface area (Å²) in [6, 6.07) is 12.5. The summed E-state index contributed by atoms with van der Waals surface area (Å²) in [5.41, 5.74) is 4.50. The van der Waals surface area contributed by atoms with Crippen molar-refractivity contribution in [2.45, 2.75) is 13.8 Å². The number of hydrogen-bond acceptors (Lipinski definition) is 4. The van der Waals surface area contributed by atoms with Crippen molar-refractivity contribution < 1.29 is 9.18 Å². The summed E-state index contributed by atoms with van der Waals surface area (Å²) in [7, 11) is 0. The van der Waals surface area contributed by atoms with Crippen LogP contribution in [0.4, 0.5) is 10.1 Å². The smallest absolute Gasteiger partial charge is 0.276 e. The van der Waals surface area contributed by atoms with Crippen molar-refractivity contribution in [3.63, 3.8) is 0 Å². The van der Waals surface area contributed by atoms with Crippen molar-refractivity contribution in [2.75, 3.05) is 31.1 Å². The summed E-state index contributed by atoms with van der Waals surface area (Å²) in [6.45, 7) is 6.99. The van der Waals surface area contributed by atoms with Crippen molar-refractivity contribution in [2.24, 2.45) is 0 Å². The molecule has 1 aromatic heterocycles. The molecule has 2 heterocycles. The Morgan fingerprint density at radius 3 is 2.57 bits per heavy atom. The minimum Gasteiger partial charge on any atom is -0.368 e. The fourth-order valence-corrected chi connectivity index (χ4v) is 3.48. The molecule has 1 amide bonds. The van der Waals surface area contributed by atoms with Crippen LogP contribution in [0, 0.1) is 19.7 Å². The summed E-state index contributed by atoms with van der Waals surface area (Å²) < 4.78 is 14.8. The molecule has 1 aliphatic heterocycles. The molecule has 3 aromatic rings. The molecule has 4 rings (SSSR count). The van der Waals surface area contributed by atoms with Crippen LogP contribution in [0.3, 0.4) is 0 Å². The van der Waals surface area contributed by atoms with Gasteiger partial charge >= 0.3 is 0 Å². The van der Waals surface area contributed by atoms with E-state index in [-0.39, 0.29) is 17.4 Å². The Labute approximate surface area is 163 Å². The Morgan fingerprint density at radius 1 is 1.04 bits per heavy atom. The zero-order valence-electron chi connectivity index (χ0n) is 16.0. The number of hydrogen-bond donors (Lipinski definition) is 0. The minimum atomic E-state index is -0.358. The molecule has 0 radical (unpaired) electrons. The third kappa shape index (κ3) is 3.60. The van der Waals surface area contributed by atoms with Crippen molar-refractivity contribution in [3.8, 4) is 5.69 Å². The van der Waals surface area contributed by atoms with Gasteiger partial charge in [-0.05, 0) is 49.2 Å². The van der Waals surface area contributed by atoms with E-state index < -0.39 is 0 Å². The molecule has 0 N–H and O–H groups in total. The summed E-state index contributed by atoms with van der Waals surface area (Å²) in [4.78, 5) is 16.9. The third-order valence-corrected chi connectivity index (χ3v) is 5.06. The monoisotopic (exact) mass is 379 g/mol. The molecule has 0 unspecified atom stereocenters. The number of carbonyl (C=O) groups is 1. The van der Waals surface area contributed by atoms with Crippen molar-refractivity contribution >= 4 is 11.6 Å². The first kappa shape index (κ1) is 18.2. The number of rotatable bonds is 3. The van der Waals surface area contributed by atoms with Crippen LogP contribution in [-0.4, -0.2) is 52.0 Å². The van der Waals surface area contributed by atoms with Crippen molar-refractivity contribution in [1.29, 1.82) is 0 Å². The lowest BCUT2D eigenvalue weighted by Gasteiger charge is -2.36. The van der Waals surface area contributed by atoms with Gasteiger partial charge < -0.3 is 9.80 Å². The fourth-order valence-electron chi connectivity index (χ4n) is 3.48. The van der Waals surface area contributed by atoms with E-state index >= 15 is 0 Å². The van der Waals surface area contributed by atoms with E-state index in [9.17, 15) is 9.18 Å². The molecule has 6 nitrogen and oxygen atoms in total. The van der Waals surface area contributed by atoms with E-state index in [1.807, 2.05) is 0 Å². The molecule has 0 atom stereocenters. The molecule has 7 heteroatoms. The predicted molar refractivity (Wildman–Crippen MR) is 105 cm³/mol. The molecule has 0 aliphatic carbocycles. The number of aromatic nitrogens is 3. The first-order valence-electron chi connectivity index (χ1n) is 9.31. The quantitative estimate of drug-likeness (QED) is 0.702. The van der Waals surface area contributed by atoms with Gasteiger partial charge in [0.1, 0.15) is 5.82 Å². The highest BCUT2D eigenvalue weighted by Gasteiger charge is 2.25. The Bertz CT molecular complexity index is 1010. The lowest BCUT2D eigenvalue weighted by molar-refractivity contribution is 0.0740. The number of nitrogens with zero attached hydrogens (tertiary/aromatic N) is 5. The number of benzene rings is 2. The van der Waals surface area contributed by atoms with Gasteiger partial charge in [0.15, 0.2) is 5.69 Å². The lowest BCUT2D eigenvalue weighted by atomic mass is 10.1. The second-order valence-electron chi connectivity index (χ2n) is 7.10. The van der Waals surface area contributed by atoms with Crippen LogP contribution in [0.5, 0.6) is 0 Å². The number of piperazine rings is 1. The number of anilines is 1. The third-order valence-electron chi connectivity index (χ3n) is 5.06. The van der Waals surface area contributed by atoms with Gasteiger partial charge in [-0.1, -0.05) is 23.4 Å². The molecule has 1 fully saturated rings. The molecular formula is C21H22FN5O. The van der Waals surface area contributed by atoms with E-state index in [4.69, 9.17) is 0 Å². The van der Waals surface area contributed by atoms with E-state index in [0.717, 1.165) is 13.1 Å². The molecule has 1 saturated heterocycles. The molecule has 0 saturated carbocycles. The molecule has 28 heavy (non-hydrogen) atoms. The maximum absolute atomic E-state index is 13.4. The van der Waals surface area contributed by atoms with E-state index in [0.29, 0.717) is 18.8 Å². The van der Waals surface area contributed by atoms with Gasteiger partial charge in [0, 0.05) is 31.9 Å². The van der Waals surface area contributed by atoms with Crippen LogP contribution in [0.1, 0.15) is 21.6 Å². The van der Waals surface area contributed by atoms with Crippen LogP contribution in [0.2, 0.25) is 0 Å². The first-order valence-corrected chi connectivity index (χ1v) is 9.31. The molecule has 1 aliphatic rings. The highest BCUT2D eigenvalue weighted by atomic mass is 19.1. The van der Waals surface area contributed by atoms with Crippen LogP contribution in [-0.2, 0) is 0 Å². The Balaban J connectivity index is 1.44. The standard InChI is InChI=1S/C21H22FN5O/c1-15-6-7-16(2)20(12-15)25-8-10-26(11-9-25)21(28)19-14-27(24-23-19)18-5-3-4-17(22)13-18/h3-7,12-14H,8-11H2,1-2H3. The van der Waals surface area contributed by atoms with Gasteiger partial charge in [-0.15, -0.1) is 5.10 Å². The maximum Gasteiger partial charge on any atom is 0.276 e. The number of aryl methyl sites for hydroxylation is 2. The Hall–Kier alpha value is -3.22. The van der Waals surface area contributed by atoms with E-state index in [1.54, 1.807) is 23.2 Å². The normalized spacial score (nSPS) is 14.4. The molecule has 0 spiro atoms. The average molecular weight is 379 g/mol. The van der Waals surface area contributed by atoms with Gasteiger partial charge in [-0.25, -0.2) is 9.07 Å². The van der Waals surface area contributed by atoms with Crippen LogP contribution in [0.25, 0.3) is 5.69 Å². The van der Waals surface area contributed by atoms with Crippen LogP contribution < -0.4 is 4.90 Å². The Kier molecular flexibility index (Phi) is 4.81. The number of halogens is 1. The number of carbonyl (C=O) groups excluding carboxylic acids is 1. The molecule has 0 bridgehead atoms. The highest BCUT2D eigenvalue weighted by Crippen LogP contribution is 2.23. The molecule has 144 valence electrons. The molecule has 2 aromatic carbocycles. The first-order chi connectivity index (χ1) is 13.5. The van der Waals surface area contributed by atoms with Gasteiger partial charge in [-0.3, -0.25) is 4.79 Å². The highest BCUT2D eigenvalue weighted by molar-refractivity contribution is 5.92. The largest absolute Gasteiger partial charge is 0.368 e. The van der Waals surface area contributed by atoms with Gasteiger partial charge in [0.05, 0.1) is 11.9 Å². The second kappa shape index (κ2) is 7.42. The fraction of sp³-hybridized carbons (Fsp3) is 0.286. The Morgan fingerprint density at radius 2 is 1.82 bits per heavy atom. The zero-order valence-corrected chi connectivity index (χ0v) is 16.0. The van der Waals surface area contributed by atoms with Crippen LogP contribution >= 0.6 is 0 Å². The number of amides is 1. The average Bonchev–Trinajstić information content (AvgIpc) is 3.20. The van der Waals surface area contributed by atoms with E-state index in [1.165, 1.54) is 33.6 Å². The van der Waals surface area contributed by atoms with Crippen molar-refractivity contribution in [1.82, 2.24) is 19.9 Å². The summed E-state index contributed by atoms with van der Waals surface area (Å²) >= 11 is 0. The van der Waals surface area contributed by atoms with Crippen molar-refractivity contribution in [3.05, 3.63) is 71.3 Å².